The molecule has 0 aliphatic carbocycles. The molecule has 0 atom stereocenters. The maximum atomic E-state index is 12.8. The van der Waals surface area contributed by atoms with Gasteiger partial charge in [0.15, 0.2) is 0 Å². The smallest absolute Gasteiger partial charge is 0.261 e. The highest BCUT2D eigenvalue weighted by molar-refractivity contribution is 6.05. The maximum absolute atomic E-state index is 12.8. The Kier molecular flexibility index (Phi) is 4.93. The predicted molar refractivity (Wildman–Crippen MR) is 101 cm³/mol. The molecule has 26 heavy (non-hydrogen) atoms. The van der Waals surface area contributed by atoms with Crippen molar-refractivity contribution in [3.63, 3.8) is 0 Å². The normalized spacial score (nSPS) is 10.6. The van der Waals surface area contributed by atoms with E-state index in [1.54, 1.807) is 55.3 Å². The average Bonchev–Trinajstić information content (AvgIpc) is 2.65. The molecule has 0 aliphatic heterocycles. The molecule has 2 aromatic carbocycles. The van der Waals surface area contributed by atoms with Crippen LogP contribution in [0.1, 0.15) is 17.3 Å². The van der Waals surface area contributed by atoms with E-state index in [1.807, 2.05) is 19.1 Å². The van der Waals surface area contributed by atoms with Crippen molar-refractivity contribution in [3.05, 3.63) is 64.4 Å². The fraction of sp³-hybridized carbons (Fsp3) is 0.200. The van der Waals surface area contributed by atoms with Crippen LogP contribution in [0.3, 0.4) is 0 Å². The second-order valence-corrected chi connectivity index (χ2v) is 5.78. The first-order chi connectivity index (χ1) is 12.5. The third kappa shape index (κ3) is 3.39. The average molecular weight is 352 g/mol. The number of benzene rings is 2. The number of rotatable bonds is 5. The Bertz CT molecular complexity index is 1010. The van der Waals surface area contributed by atoms with Crippen molar-refractivity contribution in [2.24, 2.45) is 7.05 Å². The lowest BCUT2D eigenvalue weighted by Gasteiger charge is -2.11. The summed E-state index contributed by atoms with van der Waals surface area (Å²) in [6.07, 6.45) is 1.55. The minimum atomic E-state index is -0.459. The molecule has 0 fully saturated rings. The molecule has 0 radical (unpaired) electrons. The first-order valence-corrected chi connectivity index (χ1v) is 8.25. The Morgan fingerprint density at radius 1 is 1.12 bits per heavy atom. The number of nitrogens with one attached hydrogen (secondary N) is 1. The first-order valence-electron chi connectivity index (χ1n) is 8.25. The molecular formula is C20H20N2O4. The van der Waals surface area contributed by atoms with E-state index in [0.29, 0.717) is 29.2 Å². The van der Waals surface area contributed by atoms with Gasteiger partial charge in [-0.2, -0.15) is 0 Å². The Morgan fingerprint density at radius 2 is 1.81 bits per heavy atom. The zero-order valence-corrected chi connectivity index (χ0v) is 14.9. The number of hydrogen-bond acceptors (Lipinski definition) is 4. The molecule has 1 aromatic heterocycles. The van der Waals surface area contributed by atoms with Crippen molar-refractivity contribution in [3.8, 4) is 11.5 Å². The van der Waals surface area contributed by atoms with E-state index >= 15 is 0 Å². The molecule has 0 aliphatic rings. The first kappa shape index (κ1) is 17.5. The molecule has 1 amide bonds. The second kappa shape index (κ2) is 7.31. The zero-order valence-electron chi connectivity index (χ0n) is 14.9. The van der Waals surface area contributed by atoms with Gasteiger partial charge in [-0.1, -0.05) is 0 Å². The van der Waals surface area contributed by atoms with E-state index in [1.165, 1.54) is 0 Å². The molecule has 0 bridgehead atoms. The van der Waals surface area contributed by atoms with Crippen LogP contribution in [-0.4, -0.2) is 24.2 Å². The van der Waals surface area contributed by atoms with Gasteiger partial charge in [-0.05, 0) is 49.4 Å². The summed E-state index contributed by atoms with van der Waals surface area (Å²) in [5.41, 5.74) is 1.07. The maximum Gasteiger partial charge on any atom is 0.261 e. The third-order valence-electron chi connectivity index (χ3n) is 4.06. The molecule has 0 saturated heterocycles. The van der Waals surface area contributed by atoms with Crippen molar-refractivity contribution >= 4 is 22.5 Å². The van der Waals surface area contributed by atoms with E-state index in [-0.39, 0.29) is 11.0 Å². The van der Waals surface area contributed by atoms with E-state index in [4.69, 9.17) is 9.47 Å². The number of nitrogens with zero attached hydrogens (tertiary/aromatic N) is 1. The molecular weight excluding hydrogens is 332 g/mol. The van der Waals surface area contributed by atoms with Crippen LogP contribution in [0.5, 0.6) is 11.5 Å². The van der Waals surface area contributed by atoms with Crippen LogP contribution in [-0.2, 0) is 7.05 Å². The molecule has 0 spiro atoms. The number of pyridine rings is 1. The molecule has 3 rings (SSSR count). The van der Waals surface area contributed by atoms with Crippen LogP contribution in [0.15, 0.2) is 53.5 Å². The topological polar surface area (TPSA) is 69.6 Å². The van der Waals surface area contributed by atoms with E-state index in [0.717, 1.165) is 5.52 Å². The third-order valence-corrected chi connectivity index (χ3v) is 4.06. The van der Waals surface area contributed by atoms with Crippen molar-refractivity contribution in [1.82, 2.24) is 4.57 Å². The van der Waals surface area contributed by atoms with E-state index in [2.05, 4.69) is 5.32 Å². The van der Waals surface area contributed by atoms with Crippen LogP contribution in [0.4, 0.5) is 5.69 Å². The summed E-state index contributed by atoms with van der Waals surface area (Å²) < 4.78 is 12.3. The summed E-state index contributed by atoms with van der Waals surface area (Å²) in [6, 6.07) is 12.2. The molecule has 3 aromatic rings. The summed E-state index contributed by atoms with van der Waals surface area (Å²) in [5.74, 6) is 0.831. The van der Waals surface area contributed by atoms with Gasteiger partial charge in [0.2, 0.25) is 5.43 Å². The number of carbonyl (C=O) groups is 1. The number of amides is 1. The molecule has 1 heterocycles. The van der Waals surface area contributed by atoms with Crippen LogP contribution in [0, 0.1) is 0 Å². The number of anilines is 1. The predicted octanol–water partition coefficient (Wildman–Crippen LogP) is 3.20. The van der Waals surface area contributed by atoms with Crippen LogP contribution < -0.4 is 20.2 Å². The molecule has 1 N–H and O–H groups in total. The van der Waals surface area contributed by atoms with Gasteiger partial charge in [0.05, 0.1) is 24.6 Å². The summed E-state index contributed by atoms with van der Waals surface area (Å²) in [5, 5.41) is 3.19. The lowest BCUT2D eigenvalue weighted by molar-refractivity contribution is 0.102. The quantitative estimate of drug-likeness (QED) is 0.766. The number of hydrogen-bond donors (Lipinski definition) is 1. The van der Waals surface area contributed by atoms with E-state index in [9.17, 15) is 9.59 Å². The molecule has 6 heteroatoms. The summed E-state index contributed by atoms with van der Waals surface area (Å²) >= 11 is 0. The largest absolute Gasteiger partial charge is 0.497 e. The summed E-state index contributed by atoms with van der Waals surface area (Å²) in [7, 11) is 3.37. The summed E-state index contributed by atoms with van der Waals surface area (Å²) in [4.78, 5) is 25.4. The van der Waals surface area contributed by atoms with Crippen LogP contribution in [0.2, 0.25) is 0 Å². The Labute approximate surface area is 151 Å². The fourth-order valence-corrected chi connectivity index (χ4v) is 2.76. The number of methoxy groups -OCH3 is 1. The number of aryl methyl sites for hydroxylation is 1. The van der Waals surface area contributed by atoms with Gasteiger partial charge < -0.3 is 19.4 Å². The highest BCUT2D eigenvalue weighted by atomic mass is 16.5. The molecule has 0 saturated carbocycles. The van der Waals surface area contributed by atoms with Gasteiger partial charge in [-0.25, -0.2) is 0 Å². The van der Waals surface area contributed by atoms with Crippen molar-refractivity contribution < 1.29 is 14.3 Å². The molecule has 0 unspecified atom stereocenters. The number of fused-ring (bicyclic) bond motifs is 1. The standard InChI is InChI=1S/C20H20N2O4/c1-4-26-15-9-10-18-16(11-15)19(23)17(12-22(18)2)20(24)21-13-5-7-14(25-3)8-6-13/h5-12H,4H2,1-3H3,(H,21,24). The van der Waals surface area contributed by atoms with Gasteiger partial charge >= 0.3 is 0 Å². The molecule has 6 nitrogen and oxygen atoms in total. The summed E-state index contributed by atoms with van der Waals surface area (Å²) in [6.45, 7) is 2.38. The van der Waals surface area contributed by atoms with Crippen LogP contribution >= 0.6 is 0 Å². The SMILES string of the molecule is CCOc1ccc2c(c1)c(=O)c(C(=O)Nc1ccc(OC)cc1)cn2C. The van der Waals surface area contributed by atoms with Gasteiger partial charge in [0, 0.05) is 18.9 Å². The van der Waals surface area contributed by atoms with E-state index < -0.39 is 5.91 Å². The number of aromatic nitrogens is 1. The number of ether oxygens (including phenoxy) is 2. The van der Waals surface area contributed by atoms with Gasteiger partial charge in [0.1, 0.15) is 17.1 Å². The highest BCUT2D eigenvalue weighted by Gasteiger charge is 2.15. The minimum Gasteiger partial charge on any atom is -0.497 e. The number of carbonyl (C=O) groups excluding carboxylic acids is 1. The van der Waals surface area contributed by atoms with Crippen molar-refractivity contribution in [1.29, 1.82) is 0 Å². The Balaban J connectivity index is 1.99. The Hall–Kier alpha value is -3.28. The zero-order chi connectivity index (χ0) is 18.7. The van der Waals surface area contributed by atoms with Crippen molar-refractivity contribution in [2.75, 3.05) is 19.0 Å². The second-order valence-electron chi connectivity index (χ2n) is 5.78. The Morgan fingerprint density at radius 3 is 2.46 bits per heavy atom. The highest BCUT2D eigenvalue weighted by Crippen LogP contribution is 2.20. The fourth-order valence-electron chi connectivity index (χ4n) is 2.76. The van der Waals surface area contributed by atoms with Crippen LogP contribution in [0.25, 0.3) is 10.9 Å². The lowest BCUT2D eigenvalue weighted by Crippen LogP contribution is -2.23. The van der Waals surface area contributed by atoms with Gasteiger partial charge in [-0.3, -0.25) is 9.59 Å². The van der Waals surface area contributed by atoms with Gasteiger partial charge in [0.25, 0.3) is 5.91 Å². The molecule has 134 valence electrons. The minimum absolute atomic E-state index is 0.0736. The van der Waals surface area contributed by atoms with Gasteiger partial charge in [-0.15, -0.1) is 0 Å². The van der Waals surface area contributed by atoms with Crippen molar-refractivity contribution in [2.45, 2.75) is 6.92 Å². The monoisotopic (exact) mass is 352 g/mol. The lowest BCUT2D eigenvalue weighted by atomic mass is 10.1.